The van der Waals surface area contributed by atoms with Gasteiger partial charge in [0.05, 0.1) is 12.7 Å². The largest absolute Gasteiger partial charge is 0.496 e. The number of nitrogens with zero attached hydrogens (tertiary/aromatic N) is 2. The van der Waals surface area contributed by atoms with Crippen LogP contribution in [0.4, 0.5) is 5.69 Å². The van der Waals surface area contributed by atoms with Crippen LogP contribution in [-0.2, 0) is 0 Å². The number of ether oxygens (including phenoxy) is 1. The van der Waals surface area contributed by atoms with E-state index in [2.05, 4.69) is 10.2 Å². The van der Waals surface area contributed by atoms with Gasteiger partial charge in [0.15, 0.2) is 5.01 Å². The molecule has 2 N–H and O–H groups in total. The number of aryl methyl sites for hydroxylation is 1. The molecule has 0 fully saturated rings. The Kier molecular flexibility index (Phi) is 2.55. The first-order valence-electron chi connectivity index (χ1n) is 4.44. The molecule has 5 heteroatoms. The Balaban J connectivity index is 2.52. The van der Waals surface area contributed by atoms with Crippen LogP contribution in [0.25, 0.3) is 10.6 Å². The molecular weight excluding hydrogens is 210 g/mol. The average Bonchev–Trinajstić information content (AvgIpc) is 2.64. The molecular formula is C10H11N3OS. The maximum Gasteiger partial charge on any atom is 0.151 e. The molecule has 0 aliphatic heterocycles. The van der Waals surface area contributed by atoms with Gasteiger partial charge in [0, 0.05) is 11.8 Å². The molecule has 0 amide bonds. The standard InChI is InChI=1S/C10H11N3OS/c1-6-12-13-10(15-6)8-4-3-7(11)5-9(8)14-2/h3-5H,11H2,1-2H3. The Morgan fingerprint density at radius 1 is 1.33 bits per heavy atom. The Hall–Kier alpha value is -1.62. The van der Waals surface area contributed by atoms with Gasteiger partial charge in [0.2, 0.25) is 0 Å². The van der Waals surface area contributed by atoms with E-state index >= 15 is 0 Å². The Labute approximate surface area is 91.7 Å². The van der Waals surface area contributed by atoms with Crippen molar-refractivity contribution in [3.8, 4) is 16.3 Å². The molecule has 0 aliphatic rings. The minimum Gasteiger partial charge on any atom is -0.496 e. The van der Waals surface area contributed by atoms with E-state index in [-0.39, 0.29) is 0 Å². The predicted molar refractivity (Wildman–Crippen MR) is 61.0 cm³/mol. The number of aromatic nitrogens is 2. The fourth-order valence-electron chi connectivity index (χ4n) is 1.29. The molecule has 15 heavy (non-hydrogen) atoms. The zero-order valence-corrected chi connectivity index (χ0v) is 9.34. The lowest BCUT2D eigenvalue weighted by Crippen LogP contribution is -1.91. The van der Waals surface area contributed by atoms with Crippen molar-refractivity contribution in [3.05, 3.63) is 23.2 Å². The minimum absolute atomic E-state index is 0.678. The second-order valence-corrected chi connectivity index (χ2v) is 4.27. The van der Waals surface area contributed by atoms with Crippen molar-refractivity contribution in [1.82, 2.24) is 10.2 Å². The number of nitrogen functional groups attached to an aromatic ring is 1. The Morgan fingerprint density at radius 2 is 2.13 bits per heavy atom. The highest BCUT2D eigenvalue weighted by molar-refractivity contribution is 7.14. The highest BCUT2D eigenvalue weighted by atomic mass is 32.1. The fraction of sp³-hybridized carbons (Fsp3) is 0.200. The zero-order valence-electron chi connectivity index (χ0n) is 8.52. The van der Waals surface area contributed by atoms with Gasteiger partial charge >= 0.3 is 0 Å². The Morgan fingerprint density at radius 3 is 2.73 bits per heavy atom. The van der Waals surface area contributed by atoms with Crippen molar-refractivity contribution >= 4 is 17.0 Å². The van der Waals surface area contributed by atoms with Crippen LogP contribution >= 0.6 is 11.3 Å². The SMILES string of the molecule is COc1cc(N)ccc1-c1nnc(C)s1. The molecule has 4 nitrogen and oxygen atoms in total. The van der Waals surface area contributed by atoms with Crippen LogP contribution < -0.4 is 10.5 Å². The smallest absolute Gasteiger partial charge is 0.151 e. The summed E-state index contributed by atoms with van der Waals surface area (Å²) in [5, 5.41) is 9.83. The van der Waals surface area contributed by atoms with Crippen molar-refractivity contribution in [2.45, 2.75) is 6.92 Å². The van der Waals surface area contributed by atoms with Crippen molar-refractivity contribution < 1.29 is 4.74 Å². The predicted octanol–water partition coefficient (Wildman–Crippen LogP) is 2.10. The van der Waals surface area contributed by atoms with E-state index < -0.39 is 0 Å². The van der Waals surface area contributed by atoms with E-state index in [0.717, 1.165) is 21.3 Å². The van der Waals surface area contributed by atoms with Gasteiger partial charge in [0.25, 0.3) is 0 Å². The summed E-state index contributed by atoms with van der Waals surface area (Å²) in [6.07, 6.45) is 0. The maximum absolute atomic E-state index is 5.67. The molecule has 0 saturated carbocycles. The highest BCUT2D eigenvalue weighted by Crippen LogP contribution is 2.33. The minimum atomic E-state index is 0.678. The number of methoxy groups -OCH3 is 1. The summed E-state index contributed by atoms with van der Waals surface area (Å²) in [5.41, 5.74) is 7.28. The lowest BCUT2D eigenvalue weighted by atomic mass is 10.2. The molecule has 2 rings (SSSR count). The molecule has 0 spiro atoms. The van der Waals surface area contributed by atoms with Gasteiger partial charge in [-0.15, -0.1) is 10.2 Å². The summed E-state index contributed by atoms with van der Waals surface area (Å²) in [5.74, 6) is 0.728. The summed E-state index contributed by atoms with van der Waals surface area (Å²) in [6, 6.07) is 5.51. The molecule has 2 aromatic rings. The molecule has 0 radical (unpaired) electrons. The summed E-state index contributed by atoms with van der Waals surface area (Å²) in [7, 11) is 1.62. The number of nitrogens with two attached hydrogens (primary N) is 1. The molecule has 0 bridgehead atoms. The van der Waals surface area contributed by atoms with Crippen molar-refractivity contribution in [2.75, 3.05) is 12.8 Å². The van der Waals surface area contributed by atoms with Crippen molar-refractivity contribution in [3.63, 3.8) is 0 Å². The molecule has 0 saturated heterocycles. The zero-order chi connectivity index (χ0) is 10.8. The number of hydrogen-bond acceptors (Lipinski definition) is 5. The summed E-state index contributed by atoms with van der Waals surface area (Å²) >= 11 is 1.53. The third-order valence-corrected chi connectivity index (χ3v) is 2.85. The first kappa shape index (κ1) is 9.92. The quantitative estimate of drug-likeness (QED) is 0.789. The summed E-state index contributed by atoms with van der Waals surface area (Å²) in [6.45, 7) is 1.92. The lowest BCUT2D eigenvalue weighted by Gasteiger charge is -2.05. The van der Waals surface area contributed by atoms with Gasteiger partial charge in [-0.2, -0.15) is 0 Å². The van der Waals surface area contributed by atoms with Crippen LogP contribution in [0.15, 0.2) is 18.2 Å². The van der Waals surface area contributed by atoms with E-state index in [9.17, 15) is 0 Å². The fourth-order valence-corrected chi connectivity index (χ4v) is 2.01. The molecule has 1 aromatic carbocycles. The molecule has 0 atom stereocenters. The van der Waals surface area contributed by atoms with E-state index in [1.54, 1.807) is 13.2 Å². The van der Waals surface area contributed by atoms with Gasteiger partial charge in [-0.25, -0.2) is 0 Å². The number of rotatable bonds is 2. The lowest BCUT2D eigenvalue weighted by molar-refractivity contribution is 0.416. The first-order chi connectivity index (χ1) is 7.20. The molecule has 0 aliphatic carbocycles. The normalized spacial score (nSPS) is 10.3. The van der Waals surface area contributed by atoms with Crippen LogP contribution in [0.1, 0.15) is 5.01 Å². The van der Waals surface area contributed by atoms with Gasteiger partial charge in [-0.1, -0.05) is 11.3 Å². The van der Waals surface area contributed by atoms with Gasteiger partial charge < -0.3 is 10.5 Å². The highest BCUT2D eigenvalue weighted by Gasteiger charge is 2.10. The van der Waals surface area contributed by atoms with Crippen LogP contribution in [0.3, 0.4) is 0 Å². The number of benzene rings is 1. The second kappa shape index (κ2) is 3.86. The number of anilines is 1. The van der Waals surface area contributed by atoms with E-state index in [1.807, 2.05) is 19.1 Å². The van der Waals surface area contributed by atoms with Gasteiger partial charge in [-0.3, -0.25) is 0 Å². The van der Waals surface area contributed by atoms with Crippen molar-refractivity contribution in [1.29, 1.82) is 0 Å². The van der Waals surface area contributed by atoms with Crippen LogP contribution in [0.2, 0.25) is 0 Å². The third-order valence-electron chi connectivity index (χ3n) is 1.98. The number of hydrogen-bond donors (Lipinski definition) is 1. The summed E-state index contributed by atoms with van der Waals surface area (Å²) in [4.78, 5) is 0. The van der Waals surface area contributed by atoms with E-state index in [1.165, 1.54) is 11.3 Å². The van der Waals surface area contributed by atoms with E-state index in [4.69, 9.17) is 10.5 Å². The molecule has 78 valence electrons. The van der Waals surface area contributed by atoms with Gasteiger partial charge in [0.1, 0.15) is 10.8 Å². The van der Waals surface area contributed by atoms with Crippen molar-refractivity contribution in [2.24, 2.45) is 0 Å². The topological polar surface area (TPSA) is 61.0 Å². The third kappa shape index (κ3) is 1.92. The first-order valence-corrected chi connectivity index (χ1v) is 5.26. The average molecular weight is 221 g/mol. The Bertz CT molecular complexity index is 481. The van der Waals surface area contributed by atoms with Crippen LogP contribution in [-0.4, -0.2) is 17.3 Å². The monoisotopic (exact) mass is 221 g/mol. The summed E-state index contributed by atoms with van der Waals surface area (Å²) < 4.78 is 5.25. The van der Waals surface area contributed by atoms with Crippen LogP contribution in [0.5, 0.6) is 5.75 Å². The molecule has 0 unspecified atom stereocenters. The second-order valence-electron chi connectivity index (χ2n) is 3.09. The van der Waals surface area contributed by atoms with Crippen LogP contribution in [0, 0.1) is 6.92 Å². The van der Waals surface area contributed by atoms with Gasteiger partial charge in [-0.05, 0) is 19.1 Å². The molecule has 1 aromatic heterocycles. The van der Waals surface area contributed by atoms with E-state index in [0.29, 0.717) is 5.69 Å². The maximum atomic E-state index is 5.67. The molecule has 1 heterocycles.